The van der Waals surface area contributed by atoms with Gasteiger partial charge in [-0.25, -0.2) is 9.59 Å². The third-order valence-electron chi connectivity index (χ3n) is 5.89. The second kappa shape index (κ2) is 9.57. The molecule has 0 bridgehead atoms. The maximum Gasteiger partial charge on any atom is 0.407 e. The maximum atomic E-state index is 12.2. The first-order valence-corrected chi connectivity index (χ1v) is 11.1. The number of carboxylic acid groups (broad SMARTS) is 1. The van der Waals surface area contributed by atoms with Crippen LogP contribution in [0, 0.1) is 11.8 Å². The molecule has 0 spiro atoms. The number of carbonyl (C=O) groups excluding carboxylic acids is 1. The molecule has 7 nitrogen and oxygen atoms in total. The second-order valence-corrected chi connectivity index (χ2v) is 8.03. The number of carbonyl (C=O) groups is 2. The molecule has 4 aromatic rings. The van der Waals surface area contributed by atoms with Crippen molar-refractivity contribution in [1.29, 1.82) is 0 Å². The van der Waals surface area contributed by atoms with Crippen LogP contribution in [0.3, 0.4) is 0 Å². The molecule has 3 aromatic carbocycles. The minimum Gasteiger partial charge on any atom is -0.477 e. The molecule has 1 amide bonds. The summed E-state index contributed by atoms with van der Waals surface area (Å²) in [6.45, 7) is 0.408. The number of hydrogen-bond acceptors (Lipinski definition) is 4. The van der Waals surface area contributed by atoms with Gasteiger partial charge >= 0.3 is 12.1 Å². The van der Waals surface area contributed by atoms with Crippen LogP contribution in [0.5, 0.6) is 0 Å². The minimum atomic E-state index is -1.06. The van der Waals surface area contributed by atoms with Gasteiger partial charge in [-0.1, -0.05) is 72.5 Å². The molecule has 0 saturated heterocycles. The van der Waals surface area contributed by atoms with E-state index in [2.05, 4.69) is 51.6 Å². The van der Waals surface area contributed by atoms with Gasteiger partial charge < -0.3 is 15.2 Å². The fourth-order valence-corrected chi connectivity index (χ4v) is 4.22. The molecule has 1 aliphatic carbocycles. The molecule has 7 heteroatoms. The van der Waals surface area contributed by atoms with Crippen molar-refractivity contribution in [2.45, 2.75) is 5.92 Å². The minimum absolute atomic E-state index is 0.0128. The standard InChI is InChI=1S/C28H21N3O4/c32-27(33)26-16-25(30-31-26)19-13-11-18(12-14-19)6-5-15-29-28(34)35-17-24-22-9-3-1-7-20(22)21-8-2-4-10-23(21)24/h1-4,7-14,16,24H,15,17H2,(H,29,34)(H,30,31)(H,32,33). The number of carboxylic acids is 1. The average Bonchev–Trinajstić information content (AvgIpc) is 3.50. The summed E-state index contributed by atoms with van der Waals surface area (Å²) in [7, 11) is 0. The van der Waals surface area contributed by atoms with E-state index in [9.17, 15) is 9.59 Å². The lowest BCUT2D eigenvalue weighted by atomic mass is 9.98. The molecule has 5 rings (SSSR count). The molecular formula is C28H21N3O4. The van der Waals surface area contributed by atoms with Crippen LogP contribution in [0.2, 0.25) is 0 Å². The molecule has 1 heterocycles. The number of benzene rings is 3. The Balaban J connectivity index is 1.14. The van der Waals surface area contributed by atoms with Crippen LogP contribution in [0.4, 0.5) is 4.79 Å². The molecule has 0 aliphatic heterocycles. The number of nitrogens with one attached hydrogen (secondary N) is 2. The van der Waals surface area contributed by atoms with Crippen LogP contribution >= 0.6 is 0 Å². The highest BCUT2D eigenvalue weighted by atomic mass is 16.5. The van der Waals surface area contributed by atoms with Crippen molar-refractivity contribution < 1.29 is 19.4 Å². The number of aromatic carboxylic acids is 1. The predicted molar refractivity (Wildman–Crippen MR) is 131 cm³/mol. The monoisotopic (exact) mass is 463 g/mol. The van der Waals surface area contributed by atoms with Crippen molar-refractivity contribution in [1.82, 2.24) is 15.5 Å². The summed E-state index contributed by atoms with van der Waals surface area (Å²) in [4.78, 5) is 23.2. The lowest BCUT2D eigenvalue weighted by molar-refractivity contribution is 0.0690. The zero-order chi connectivity index (χ0) is 24.2. The lowest BCUT2D eigenvalue weighted by Crippen LogP contribution is -2.26. The highest BCUT2D eigenvalue weighted by Crippen LogP contribution is 2.44. The highest BCUT2D eigenvalue weighted by molar-refractivity contribution is 5.86. The quantitative estimate of drug-likeness (QED) is 0.373. The van der Waals surface area contributed by atoms with Gasteiger partial charge in [-0.15, -0.1) is 0 Å². The zero-order valence-electron chi connectivity index (χ0n) is 18.6. The number of amides is 1. The van der Waals surface area contributed by atoms with Crippen molar-refractivity contribution >= 4 is 12.1 Å². The van der Waals surface area contributed by atoms with E-state index in [1.807, 2.05) is 48.5 Å². The molecule has 35 heavy (non-hydrogen) atoms. The van der Waals surface area contributed by atoms with Crippen LogP contribution in [-0.4, -0.2) is 40.5 Å². The number of hydrogen-bond donors (Lipinski definition) is 3. The Morgan fingerprint density at radius 2 is 1.63 bits per heavy atom. The maximum absolute atomic E-state index is 12.2. The SMILES string of the molecule is O=C(NCC#Cc1ccc(-c2cc(C(=O)O)[nH]n2)cc1)OCC1c2ccccc2-c2ccccc21. The molecule has 0 atom stereocenters. The van der Waals surface area contributed by atoms with Crippen LogP contribution < -0.4 is 5.32 Å². The van der Waals surface area contributed by atoms with Gasteiger partial charge in [0, 0.05) is 17.0 Å². The van der Waals surface area contributed by atoms with E-state index in [1.165, 1.54) is 28.3 Å². The normalized spacial score (nSPS) is 11.7. The van der Waals surface area contributed by atoms with E-state index >= 15 is 0 Å². The molecule has 0 unspecified atom stereocenters. The van der Waals surface area contributed by atoms with Crippen molar-refractivity contribution in [3.05, 3.63) is 101 Å². The fraction of sp³-hybridized carbons (Fsp3) is 0.107. The molecular weight excluding hydrogens is 442 g/mol. The van der Waals surface area contributed by atoms with Gasteiger partial charge in [-0.05, 0) is 40.5 Å². The van der Waals surface area contributed by atoms with Crippen LogP contribution in [0.1, 0.15) is 33.1 Å². The molecule has 0 fully saturated rings. The second-order valence-electron chi connectivity index (χ2n) is 8.03. The smallest absolute Gasteiger partial charge is 0.407 e. The number of aromatic nitrogens is 2. The zero-order valence-corrected chi connectivity index (χ0v) is 18.6. The average molecular weight is 463 g/mol. The first kappa shape index (κ1) is 22.0. The Hall–Kier alpha value is -4.83. The van der Waals surface area contributed by atoms with Gasteiger partial charge in [0.25, 0.3) is 0 Å². The number of aromatic amines is 1. The number of fused-ring (bicyclic) bond motifs is 3. The van der Waals surface area contributed by atoms with Gasteiger partial charge in [0.2, 0.25) is 0 Å². The number of nitrogens with zero attached hydrogens (tertiary/aromatic N) is 1. The largest absolute Gasteiger partial charge is 0.477 e. The van der Waals surface area contributed by atoms with Crippen LogP contribution in [0.15, 0.2) is 78.9 Å². The molecule has 1 aliphatic rings. The number of H-pyrrole nitrogens is 1. The molecule has 0 saturated carbocycles. The van der Waals surface area contributed by atoms with E-state index in [-0.39, 0.29) is 24.8 Å². The topological polar surface area (TPSA) is 104 Å². The van der Waals surface area contributed by atoms with Gasteiger partial charge in [0.15, 0.2) is 0 Å². The summed E-state index contributed by atoms with van der Waals surface area (Å²) in [6.07, 6.45) is -0.510. The van der Waals surface area contributed by atoms with Crippen LogP contribution in [0.25, 0.3) is 22.4 Å². The first-order valence-electron chi connectivity index (χ1n) is 11.1. The summed E-state index contributed by atoms with van der Waals surface area (Å²) in [5, 5.41) is 18.1. The number of alkyl carbamates (subject to hydrolysis) is 1. The van der Waals surface area contributed by atoms with Crippen molar-refractivity contribution in [3.8, 4) is 34.2 Å². The number of ether oxygens (including phenoxy) is 1. The van der Waals surface area contributed by atoms with E-state index in [0.29, 0.717) is 5.69 Å². The van der Waals surface area contributed by atoms with Crippen molar-refractivity contribution in [2.24, 2.45) is 0 Å². The summed E-state index contributed by atoms with van der Waals surface area (Å²) in [6, 6.07) is 25.1. The van der Waals surface area contributed by atoms with Gasteiger partial charge in [0.1, 0.15) is 12.3 Å². The summed E-state index contributed by atoms with van der Waals surface area (Å²) >= 11 is 0. The molecule has 1 aromatic heterocycles. The third kappa shape index (κ3) is 4.63. The van der Waals surface area contributed by atoms with E-state index < -0.39 is 12.1 Å². The lowest BCUT2D eigenvalue weighted by Gasteiger charge is -2.14. The third-order valence-corrected chi connectivity index (χ3v) is 5.89. The predicted octanol–water partition coefficient (Wildman–Crippen LogP) is 4.67. The van der Waals surface area contributed by atoms with Crippen molar-refractivity contribution in [2.75, 3.05) is 13.2 Å². The molecule has 172 valence electrons. The first-order chi connectivity index (χ1) is 17.1. The molecule has 0 radical (unpaired) electrons. The Morgan fingerprint density at radius 1 is 0.971 bits per heavy atom. The Kier molecular flexibility index (Phi) is 6.01. The summed E-state index contributed by atoms with van der Waals surface area (Å²) < 4.78 is 5.51. The fourth-order valence-electron chi connectivity index (χ4n) is 4.22. The highest BCUT2D eigenvalue weighted by Gasteiger charge is 2.28. The van der Waals surface area contributed by atoms with E-state index in [4.69, 9.17) is 9.84 Å². The van der Waals surface area contributed by atoms with Gasteiger partial charge in [0.05, 0.1) is 12.2 Å². The Labute approximate surface area is 201 Å². The Morgan fingerprint density at radius 3 is 2.26 bits per heavy atom. The van der Waals surface area contributed by atoms with Crippen LogP contribution in [-0.2, 0) is 4.74 Å². The van der Waals surface area contributed by atoms with Gasteiger partial charge in [-0.2, -0.15) is 5.10 Å². The van der Waals surface area contributed by atoms with E-state index in [1.54, 1.807) is 0 Å². The molecule has 3 N–H and O–H groups in total. The summed E-state index contributed by atoms with van der Waals surface area (Å²) in [5.41, 5.74) is 6.81. The van der Waals surface area contributed by atoms with Gasteiger partial charge in [-0.3, -0.25) is 5.10 Å². The van der Waals surface area contributed by atoms with E-state index in [0.717, 1.165) is 11.1 Å². The Bertz CT molecular complexity index is 1420. The van der Waals surface area contributed by atoms with Crippen molar-refractivity contribution in [3.63, 3.8) is 0 Å². The summed E-state index contributed by atoms with van der Waals surface area (Å²) in [5.74, 6) is 4.84. The number of rotatable bonds is 5.